The van der Waals surface area contributed by atoms with Crippen LogP contribution in [-0.4, -0.2) is 17.0 Å². The minimum Gasteiger partial charge on any atom is -0.371 e. The second-order valence-corrected chi connectivity index (χ2v) is 0.141. The summed E-state index contributed by atoms with van der Waals surface area (Å²) < 4.78 is 0. The van der Waals surface area contributed by atoms with Crippen molar-refractivity contribution in [2.24, 2.45) is 0 Å². The summed E-state index contributed by atoms with van der Waals surface area (Å²) in [7, 11) is 0. The summed E-state index contributed by atoms with van der Waals surface area (Å²) in [5, 5.41) is 14.2. The average molecular weight is 100 g/mol. The standard InChI is InChI=1S/CH4O2.Cr/c2-1-3;/h2-3H,1H2;. The number of aliphatic hydroxyl groups is 2. The predicted octanol–water partition coefficient (Wildman–Crippen LogP) is -1.07. The van der Waals surface area contributed by atoms with Crippen molar-refractivity contribution >= 4 is 0 Å². The van der Waals surface area contributed by atoms with Crippen LogP contribution in [-0.2, 0) is 17.4 Å². The van der Waals surface area contributed by atoms with E-state index in [1.165, 1.54) is 0 Å². The van der Waals surface area contributed by atoms with Gasteiger partial charge in [0.25, 0.3) is 0 Å². The molecule has 0 aromatic rings. The molecule has 2 N–H and O–H groups in total. The molecule has 0 aliphatic rings. The van der Waals surface area contributed by atoms with Gasteiger partial charge in [0.1, 0.15) is 6.79 Å². The van der Waals surface area contributed by atoms with E-state index in [9.17, 15) is 0 Å². The van der Waals surface area contributed by atoms with E-state index in [2.05, 4.69) is 0 Å². The van der Waals surface area contributed by atoms with Crippen molar-refractivity contribution in [3.63, 3.8) is 0 Å². The van der Waals surface area contributed by atoms with Crippen LogP contribution in [0.5, 0.6) is 0 Å². The average Bonchev–Trinajstić information content (AvgIpc) is 0.918. The first-order chi connectivity index (χ1) is 1.41. The molecule has 0 saturated carbocycles. The first-order valence-corrected chi connectivity index (χ1v) is 0.632. The van der Waals surface area contributed by atoms with Gasteiger partial charge in [-0.2, -0.15) is 0 Å². The third-order valence-corrected chi connectivity index (χ3v) is 0. The molecule has 0 aromatic carbocycles. The molecule has 0 bridgehead atoms. The molecule has 0 saturated heterocycles. The molecule has 0 atom stereocenters. The molecule has 0 heterocycles. The van der Waals surface area contributed by atoms with E-state index in [0.29, 0.717) is 0 Å². The first-order valence-electron chi connectivity index (χ1n) is 0.632. The van der Waals surface area contributed by atoms with Crippen molar-refractivity contribution in [3.8, 4) is 0 Å². The smallest absolute Gasteiger partial charge is 0.140 e. The summed E-state index contributed by atoms with van der Waals surface area (Å²) in [6.07, 6.45) is 0. The molecule has 0 radical (unpaired) electrons. The molecule has 0 aliphatic heterocycles. The SMILES string of the molecule is OCO.[Cr]. The Balaban J connectivity index is 0. The van der Waals surface area contributed by atoms with Crippen LogP contribution in [0.4, 0.5) is 0 Å². The second-order valence-electron chi connectivity index (χ2n) is 0.141. The van der Waals surface area contributed by atoms with Crippen molar-refractivity contribution in [1.82, 2.24) is 0 Å². The fourth-order valence-corrected chi connectivity index (χ4v) is 0. The molecule has 0 rings (SSSR count). The van der Waals surface area contributed by atoms with Crippen LogP contribution in [0, 0.1) is 0 Å². The molecule has 0 amide bonds. The molecule has 0 fully saturated rings. The van der Waals surface area contributed by atoms with E-state index in [1.807, 2.05) is 0 Å². The minimum absolute atomic E-state index is 0. The monoisotopic (exact) mass is 100.0 g/mol. The fraction of sp³-hybridized carbons (Fsp3) is 1.00. The van der Waals surface area contributed by atoms with E-state index < -0.39 is 6.79 Å². The Morgan fingerprint density at radius 3 is 1.25 bits per heavy atom. The van der Waals surface area contributed by atoms with Crippen LogP contribution in [0.25, 0.3) is 0 Å². The van der Waals surface area contributed by atoms with Gasteiger partial charge >= 0.3 is 0 Å². The Bertz CT molecular complexity index is 6.00. The summed E-state index contributed by atoms with van der Waals surface area (Å²) >= 11 is 0. The molecular formula is CH4CrO2. The van der Waals surface area contributed by atoms with Gasteiger partial charge in [-0.25, -0.2) is 0 Å². The summed E-state index contributed by atoms with van der Waals surface area (Å²) in [6.45, 7) is -0.750. The van der Waals surface area contributed by atoms with Crippen LogP contribution in [0.15, 0.2) is 0 Å². The third kappa shape index (κ3) is 25.3. The molecule has 0 aliphatic carbocycles. The van der Waals surface area contributed by atoms with Gasteiger partial charge in [-0.05, 0) is 0 Å². The minimum atomic E-state index is -0.750. The summed E-state index contributed by atoms with van der Waals surface area (Å²) in [5.74, 6) is 0. The Kier molecular flexibility index (Phi) is 21.7. The molecule has 2 nitrogen and oxygen atoms in total. The third-order valence-electron chi connectivity index (χ3n) is 0. The zero-order valence-corrected chi connectivity index (χ0v) is 3.28. The normalized spacial score (nSPS) is 4.50. The second kappa shape index (κ2) is 9.84. The van der Waals surface area contributed by atoms with E-state index in [0.717, 1.165) is 0 Å². The number of aliphatic hydroxyl groups excluding tert-OH is 1. The van der Waals surface area contributed by atoms with Crippen molar-refractivity contribution in [1.29, 1.82) is 0 Å². The maximum absolute atomic E-state index is 7.12. The zero-order valence-electron chi connectivity index (χ0n) is 2.01. The Morgan fingerprint density at radius 1 is 1.25 bits per heavy atom. The molecular weight excluding hydrogens is 96.0 g/mol. The summed E-state index contributed by atoms with van der Waals surface area (Å²) in [6, 6.07) is 0. The number of hydrogen-bond donors (Lipinski definition) is 2. The van der Waals surface area contributed by atoms with E-state index in [-0.39, 0.29) is 17.4 Å². The predicted molar refractivity (Wildman–Crippen MR) is 9.30 cm³/mol. The molecule has 4 heavy (non-hydrogen) atoms. The van der Waals surface area contributed by atoms with Gasteiger partial charge < -0.3 is 10.2 Å². The van der Waals surface area contributed by atoms with Crippen LogP contribution in [0.3, 0.4) is 0 Å². The quantitative estimate of drug-likeness (QED) is 0.380. The Hall–Kier alpha value is 0.452. The maximum Gasteiger partial charge on any atom is 0.140 e. The summed E-state index contributed by atoms with van der Waals surface area (Å²) in [5.41, 5.74) is 0. The van der Waals surface area contributed by atoms with Crippen LogP contribution in [0.1, 0.15) is 0 Å². The molecule has 0 spiro atoms. The van der Waals surface area contributed by atoms with E-state index >= 15 is 0 Å². The van der Waals surface area contributed by atoms with E-state index in [4.69, 9.17) is 10.2 Å². The van der Waals surface area contributed by atoms with E-state index in [1.54, 1.807) is 0 Å². The fourth-order valence-electron chi connectivity index (χ4n) is 0. The molecule has 3 heteroatoms. The molecule has 0 aromatic heterocycles. The number of hydrogen-bond acceptors (Lipinski definition) is 2. The van der Waals surface area contributed by atoms with Gasteiger partial charge in [0, 0.05) is 17.4 Å². The largest absolute Gasteiger partial charge is 0.371 e. The van der Waals surface area contributed by atoms with Crippen molar-refractivity contribution < 1.29 is 27.6 Å². The van der Waals surface area contributed by atoms with Gasteiger partial charge in [0.2, 0.25) is 0 Å². The van der Waals surface area contributed by atoms with Crippen LogP contribution >= 0.6 is 0 Å². The maximum atomic E-state index is 7.12. The zero-order chi connectivity index (χ0) is 2.71. The van der Waals surface area contributed by atoms with Gasteiger partial charge in [0.05, 0.1) is 0 Å². The Labute approximate surface area is 35.2 Å². The number of rotatable bonds is 0. The summed E-state index contributed by atoms with van der Waals surface area (Å²) in [4.78, 5) is 0. The van der Waals surface area contributed by atoms with Gasteiger partial charge in [0.15, 0.2) is 0 Å². The van der Waals surface area contributed by atoms with Crippen molar-refractivity contribution in [3.05, 3.63) is 0 Å². The van der Waals surface area contributed by atoms with Crippen molar-refractivity contribution in [2.45, 2.75) is 0 Å². The topological polar surface area (TPSA) is 40.5 Å². The molecule has 0 unspecified atom stereocenters. The van der Waals surface area contributed by atoms with Crippen molar-refractivity contribution in [2.75, 3.05) is 6.79 Å². The molecule has 26 valence electrons. The Morgan fingerprint density at radius 2 is 1.25 bits per heavy atom. The van der Waals surface area contributed by atoms with Gasteiger partial charge in [-0.15, -0.1) is 0 Å². The van der Waals surface area contributed by atoms with Crippen LogP contribution in [0.2, 0.25) is 0 Å². The van der Waals surface area contributed by atoms with Gasteiger partial charge in [-0.1, -0.05) is 0 Å². The van der Waals surface area contributed by atoms with Gasteiger partial charge in [-0.3, -0.25) is 0 Å². The first kappa shape index (κ1) is 8.82. The van der Waals surface area contributed by atoms with Crippen LogP contribution < -0.4 is 0 Å².